The molecular formula is C28H32FNO3. The van der Waals surface area contributed by atoms with E-state index in [4.69, 9.17) is 4.74 Å². The fourth-order valence-electron chi connectivity index (χ4n) is 3.80. The van der Waals surface area contributed by atoms with Gasteiger partial charge in [0, 0.05) is 24.6 Å². The third-order valence-electron chi connectivity index (χ3n) is 5.79. The number of unbranched alkanes of at least 4 members (excludes halogenated alkanes) is 1. The quantitative estimate of drug-likeness (QED) is 0.260. The molecule has 0 aliphatic carbocycles. The first-order valence-electron chi connectivity index (χ1n) is 11.3. The lowest BCUT2D eigenvalue weighted by Crippen LogP contribution is -2.20. The Morgan fingerprint density at radius 2 is 1.76 bits per heavy atom. The van der Waals surface area contributed by atoms with Crippen LogP contribution in [0.15, 0.2) is 66.7 Å². The highest BCUT2D eigenvalue weighted by molar-refractivity contribution is 5.69. The zero-order valence-electron chi connectivity index (χ0n) is 19.6. The summed E-state index contributed by atoms with van der Waals surface area (Å²) in [6.07, 6.45) is 2.03. The van der Waals surface area contributed by atoms with E-state index in [1.807, 2.05) is 43.4 Å². The fourth-order valence-corrected chi connectivity index (χ4v) is 3.80. The normalized spacial score (nSPS) is 10.9. The van der Waals surface area contributed by atoms with Gasteiger partial charge in [-0.3, -0.25) is 4.79 Å². The van der Waals surface area contributed by atoms with E-state index in [1.54, 1.807) is 6.07 Å². The molecule has 0 saturated carbocycles. The van der Waals surface area contributed by atoms with Gasteiger partial charge in [-0.15, -0.1) is 0 Å². The molecule has 0 heterocycles. The van der Waals surface area contributed by atoms with Crippen LogP contribution in [0.25, 0.3) is 11.1 Å². The number of hydrogen-bond donors (Lipinski definition) is 0. The summed E-state index contributed by atoms with van der Waals surface area (Å²) in [5.74, 6) is 0.0476. The van der Waals surface area contributed by atoms with Crippen LogP contribution in [0.3, 0.4) is 0 Å². The van der Waals surface area contributed by atoms with Crippen LogP contribution >= 0.6 is 0 Å². The van der Waals surface area contributed by atoms with Crippen molar-refractivity contribution >= 4 is 5.97 Å². The lowest BCUT2D eigenvalue weighted by Gasteiger charge is -2.17. The second-order valence-electron chi connectivity index (χ2n) is 8.27. The van der Waals surface area contributed by atoms with Crippen LogP contribution in [-0.2, 0) is 22.7 Å². The molecular weight excluding hydrogens is 417 g/mol. The molecule has 0 saturated heterocycles. The number of esters is 1. The monoisotopic (exact) mass is 449 g/mol. The summed E-state index contributed by atoms with van der Waals surface area (Å²) < 4.78 is 25.2. The number of carbonyl (C=O) groups is 1. The predicted molar refractivity (Wildman–Crippen MR) is 130 cm³/mol. The van der Waals surface area contributed by atoms with Crippen LogP contribution in [0, 0.1) is 12.7 Å². The Kier molecular flexibility index (Phi) is 9.02. The van der Waals surface area contributed by atoms with Crippen LogP contribution < -0.4 is 4.74 Å². The Hall–Kier alpha value is -3.18. The predicted octanol–water partition coefficient (Wildman–Crippen LogP) is 6.16. The Morgan fingerprint density at radius 3 is 2.48 bits per heavy atom. The molecule has 0 aromatic heterocycles. The summed E-state index contributed by atoms with van der Waals surface area (Å²) in [4.78, 5) is 13.2. The van der Waals surface area contributed by atoms with Gasteiger partial charge in [0.2, 0.25) is 0 Å². The Morgan fingerprint density at radius 1 is 0.970 bits per heavy atom. The maximum absolute atomic E-state index is 14.7. The molecule has 0 bridgehead atoms. The van der Waals surface area contributed by atoms with Crippen molar-refractivity contribution in [1.29, 1.82) is 0 Å². The first-order valence-corrected chi connectivity index (χ1v) is 11.3. The van der Waals surface area contributed by atoms with Gasteiger partial charge in [-0.1, -0.05) is 54.6 Å². The van der Waals surface area contributed by atoms with E-state index < -0.39 is 0 Å². The zero-order chi connectivity index (χ0) is 23.6. The highest BCUT2D eigenvalue weighted by Gasteiger charge is 2.10. The van der Waals surface area contributed by atoms with Crippen LogP contribution in [0.5, 0.6) is 5.75 Å². The number of hydrogen-bond acceptors (Lipinski definition) is 4. The van der Waals surface area contributed by atoms with Gasteiger partial charge in [0.05, 0.1) is 7.11 Å². The first kappa shape index (κ1) is 24.5. The molecule has 33 heavy (non-hydrogen) atoms. The molecule has 0 aliphatic rings. The topological polar surface area (TPSA) is 38.8 Å². The van der Waals surface area contributed by atoms with E-state index in [0.717, 1.165) is 30.5 Å². The van der Waals surface area contributed by atoms with Gasteiger partial charge < -0.3 is 14.4 Å². The SMILES string of the molecule is COC(=O)CCCCN(C)Cc1ccc(OCc2cccc(-c3ccccc3)c2C)cc1F. The van der Waals surface area contributed by atoms with Gasteiger partial charge >= 0.3 is 5.97 Å². The lowest BCUT2D eigenvalue weighted by atomic mass is 9.97. The Bertz CT molecular complexity index is 1050. The summed E-state index contributed by atoms with van der Waals surface area (Å²) in [5, 5.41) is 0. The third-order valence-corrected chi connectivity index (χ3v) is 5.79. The van der Waals surface area contributed by atoms with Crippen molar-refractivity contribution in [3.63, 3.8) is 0 Å². The summed E-state index contributed by atoms with van der Waals surface area (Å²) in [6.45, 7) is 3.76. The van der Waals surface area contributed by atoms with Crippen LogP contribution in [0.2, 0.25) is 0 Å². The van der Waals surface area contributed by atoms with Gasteiger partial charge in [0.25, 0.3) is 0 Å². The molecule has 4 nitrogen and oxygen atoms in total. The number of carbonyl (C=O) groups excluding carboxylic acids is 1. The second-order valence-corrected chi connectivity index (χ2v) is 8.27. The molecule has 0 atom stereocenters. The average Bonchev–Trinajstić information content (AvgIpc) is 2.83. The number of benzene rings is 3. The zero-order valence-corrected chi connectivity index (χ0v) is 19.6. The molecule has 0 spiro atoms. The molecule has 0 N–H and O–H groups in total. The largest absolute Gasteiger partial charge is 0.489 e. The van der Waals surface area contributed by atoms with E-state index in [2.05, 4.69) is 34.8 Å². The van der Waals surface area contributed by atoms with Crippen molar-refractivity contribution in [3.8, 4) is 16.9 Å². The van der Waals surface area contributed by atoms with E-state index in [-0.39, 0.29) is 11.8 Å². The first-order chi connectivity index (χ1) is 16.0. The van der Waals surface area contributed by atoms with Crippen LogP contribution in [0.1, 0.15) is 36.0 Å². The van der Waals surface area contributed by atoms with Crippen molar-refractivity contribution in [3.05, 3.63) is 89.2 Å². The maximum Gasteiger partial charge on any atom is 0.305 e. The second kappa shape index (κ2) is 12.2. The molecule has 3 rings (SSSR count). The van der Waals surface area contributed by atoms with Gasteiger partial charge in [-0.25, -0.2) is 4.39 Å². The highest BCUT2D eigenvalue weighted by Crippen LogP contribution is 2.27. The van der Waals surface area contributed by atoms with Gasteiger partial charge in [0.15, 0.2) is 0 Å². The smallest absolute Gasteiger partial charge is 0.305 e. The molecule has 174 valence electrons. The molecule has 0 unspecified atom stereocenters. The van der Waals surface area contributed by atoms with E-state index in [1.165, 1.54) is 24.3 Å². The summed E-state index contributed by atoms with van der Waals surface area (Å²) in [5.41, 5.74) is 5.21. The van der Waals surface area contributed by atoms with Gasteiger partial charge in [-0.2, -0.15) is 0 Å². The van der Waals surface area contributed by atoms with Crippen molar-refractivity contribution < 1.29 is 18.7 Å². The molecule has 3 aromatic rings. The Balaban J connectivity index is 1.55. The van der Waals surface area contributed by atoms with E-state index in [0.29, 0.717) is 30.9 Å². The summed E-state index contributed by atoms with van der Waals surface area (Å²) in [6, 6.07) is 21.5. The minimum Gasteiger partial charge on any atom is -0.489 e. The Labute approximate surface area is 196 Å². The van der Waals surface area contributed by atoms with Crippen molar-refractivity contribution in [2.75, 3.05) is 20.7 Å². The van der Waals surface area contributed by atoms with Crippen molar-refractivity contribution in [1.82, 2.24) is 4.90 Å². The lowest BCUT2D eigenvalue weighted by molar-refractivity contribution is -0.140. The third kappa shape index (κ3) is 7.16. The average molecular weight is 450 g/mol. The highest BCUT2D eigenvalue weighted by atomic mass is 19.1. The fraction of sp³-hybridized carbons (Fsp3) is 0.321. The minimum absolute atomic E-state index is 0.193. The molecule has 5 heteroatoms. The van der Waals surface area contributed by atoms with Crippen molar-refractivity contribution in [2.45, 2.75) is 39.3 Å². The number of methoxy groups -OCH3 is 1. The molecule has 3 aromatic carbocycles. The van der Waals surface area contributed by atoms with E-state index >= 15 is 0 Å². The maximum atomic E-state index is 14.7. The number of halogens is 1. The number of nitrogens with zero attached hydrogens (tertiary/aromatic N) is 1. The van der Waals surface area contributed by atoms with E-state index in [9.17, 15) is 9.18 Å². The molecule has 0 fully saturated rings. The minimum atomic E-state index is -0.274. The molecule has 0 radical (unpaired) electrons. The van der Waals surface area contributed by atoms with Gasteiger partial charge in [0.1, 0.15) is 18.2 Å². The van der Waals surface area contributed by atoms with Crippen LogP contribution in [-0.4, -0.2) is 31.6 Å². The van der Waals surface area contributed by atoms with Gasteiger partial charge in [-0.05, 0) is 61.7 Å². The molecule has 0 amide bonds. The van der Waals surface area contributed by atoms with Crippen LogP contribution in [0.4, 0.5) is 4.39 Å². The molecule has 0 aliphatic heterocycles. The number of rotatable bonds is 11. The van der Waals surface area contributed by atoms with Crippen molar-refractivity contribution in [2.24, 2.45) is 0 Å². The summed E-state index contributed by atoms with van der Waals surface area (Å²) in [7, 11) is 3.35. The standard InChI is InChI=1S/C28H32FNO3/c1-21-24(12-9-13-26(21)22-10-5-4-6-11-22)20-33-25-16-15-23(27(29)18-25)19-30(2)17-8-7-14-28(31)32-3/h4-6,9-13,15-16,18H,7-8,14,17,19-20H2,1-3H3. The summed E-state index contributed by atoms with van der Waals surface area (Å²) >= 11 is 0. The number of ether oxygens (including phenoxy) is 2.